The number of nitrogens with zero attached hydrogens (tertiary/aromatic N) is 2. The Morgan fingerprint density at radius 2 is 1.72 bits per heavy atom. The van der Waals surface area contributed by atoms with E-state index < -0.39 is 34.5 Å². The summed E-state index contributed by atoms with van der Waals surface area (Å²) in [5, 5.41) is 4.48. The maximum atomic E-state index is 12.6. The monoisotopic (exact) mass is 466 g/mol. The molecule has 12 heteroatoms. The number of sulfonamides is 1. The molecule has 174 valence electrons. The van der Waals surface area contributed by atoms with Crippen LogP contribution in [-0.2, 0) is 26.6 Å². The predicted molar refractivity (Wildman–Crippen MR) is 116 cm³/mol. The van der Waals surface area contributed by atoms with Gasteiger partial charge in [0.1, 0.15) is 16.3 Å². The van der Waals surface area contributed by atoms with Gasteiger partial charge in [0.05, 0.1) is 7.11 Å². The van der Waals surface area contributed by atoms with E-state index in [-0.39, 0.29) is 23.7 Å². The highest BCUT2D eigenvalue weighted by Gasteiger charge is 2.26. The molecule has 2 rings (SSSR count). The first-order valence-electron chi connectivity index (χ1n) is 9.70. The van der Waals surface area contributed by atoms with Crippen LogP contribution in [0, 0.1) is 0 Å². The van der Waals surface area contributed by atoms with Crippen molar-refractivity contribution < 1.29 is 32.3 Å². The lowest BCUT2D eigenvalue weighted by atomic mass is 10.3. The van der Waals surface area contributed by atoms with E-state index in [1.165, 1.54) is 35.3 Å². The molecule has 0 aliphatic heterocycles. The fourth-order valence-electron chi connectivity index (χ4n) is 2.80. The smallest absolute Gasteiger partial charge is 0.355 e. The van der Waals surface area contributed by atoms with E-state index in [1.54, 1.807) is 38.1 Å². The average molecular weight is 467 g/mol. The van der Waals surface area contributed by atoms with Crippen LogP contribution >= 0.6 is 0 Å². The lowest BCUT2D eigenvalue weighted by molar-refractivity contribution is -0.123. The van der Waals surface area contributed by atoms with Gasteiger partial charge in [-0.1, -0.05) is 13.8 Å². The summed E-state index contributed by atoms with van der Waals surface area (Å²) >= 11 is 0. The van der Waals surface area contributed by atoms with Crippen molar-refractivity contribution in [1.82, 2.24) is 14.2 Å². The molecule has 2 N–H and O–H groups in total. The molecular formula is C20H26N4O7S. The van der Waals surface area contributed by atoms with Gasteiger partial charge in [0.15, 0.2) is 6.61 Å². The molecule has 0 saturated carbocycles. The van der Waals surface area contributed by atoms with E-state index in [1.807, 2.05) is 5.32 Å². The lowest BCUT2D eigenvalue weighted by Gasteiger charge is -2.17. The standard InChI is InChI=1S/C20H26N4O7S/c1-5-24(6-2)32(28,29)16-11-17(23(3)12-16)19(26)31-13-18(25)22-20(27)21-14-7-9-15(30-4)10-8-14/h7-12H,5-6,13H2,1-4H3,(H2,21,22,25,27). The van der Waals surface area contributed by atoms with Crippen LogP contribution < -0.4 is 15.4 Å². The van der Waals surface area contributed by atoms with Crippen molar-refractivity contribution in [2.75, 3.05) is 32.1 Å². The summed E-state index contributed by atoms with van der Waals surface area (Å²) in [7, 11) is -0.758. The molecule has 0 radical (unpaired) electrons. The molecule has 0 atom stereocenters. The van der Waals surface area contributed by atoms with Crippen molar-refractivity contribution in [3.05, 3.63) is 42.2 Å². The van der Waals surface area contributed by atoms with Crippen LogP contribution in [0.15, 0.2) is 41.4 Å². The van der Waals surface area contributed by atoms with E-state index >= 15 is 0 Å². The first-order chi connectivity index (χ1) is 15.1. The molecule has 1 heterocycles. The van der Waals surface area contributed by atoms with Crippen LogP contribution in [-0.4, -0.2) is 62.0 Å². The second-order valence-electron chi connectivity index (χ2n) is 6.57. The number of nitrogens with one attached hydrogen (secondary N) is 2. The van der Waals surface area contributed by atoms with Gasteiger partial charge in [-0.15, -0.1) is 0 Å². The molecule has 32 heavy (non-hydrogen) atoms. The number of hydrogen-bond acceptors (Lipinski definition) is 7. The van der Waals surface area contributed by atoms with Gasteiger partial charge in [-0.2, -0.15) is 4.31 Å². The second kappa shape index (κ2) is 10.8. The largest absolute Gasteiger partial charge is 0.497 e. The van der Waals surface area contributed by atoms with Crippen molar-refractivity contribution in [2.45, 2.75) is 18.7 Å². The Balaban J connectivity index is 1.93. The molecule has 0 spiro atoms. The van der Waals surface area contributed by atoms with Gasteiger partial charge in [-0.3, -0.25) is 10.1 Å². The van der Waals surface area contributed by atoms with Crippen molar-refractivity contribution >= 4 is 33.6 Å². The quantitative estimate of drug-likeness (QED) is 0.535. The molecular weight excluding hydrogens is 440 g/mol. The van der Waals surface area contributed by atoms with E-state index in [2.05, 4.69) is 5.32 Å². The molecule has 1 aromatic heterocycles. The Morgan fingerprint density at radius 3 is 2.28 bits per heavy atom. The number of carbonyl (C=O) groups is 3. The average Bonchev–Trinajstić information content (AvgIpc) is 3.15. The molecule has 0 saturated heterocycles. The molecule has 1 aromatic carbocycles. The highest BCUT2D eigenvalue weighted by molar-refractivity contribution is 7.89. The summed E-state index contributed by atoms with van der Waals surface area (Å²) in [6, 6.07) is 6.82. The first-order valence-corrected chi connectivity index (χ1v) is 11.1. The van der Waals surface area contributed by atoms with E-state index in [0.29, 0.717) is 11.4 Å². The number of amides is 3. The van der Waals surface area contributed by atoms with Gasteiger partial charge in [0, 0.05) is 32.0 Å². The second-order valence-corrected chi connectivity index (χ2v) is 8.51. The summed E-state index contributed by atoms with van der Waals surface area (Å²) in [5.74, 6) is -1.15. The minimum Gasteiger partial charge on any atom is -0.497 e. The van der Waals surface area contributed by atoms with Crippen molar-refractivity contribution in [3.8, 4) is 5.75 Å². The fourth-order valence-corrected chi connectivity index (χ4v) is 4.33. The zero-order chi connectivity index (χ0) is 23.9. The number of urea groups is 1. The van der Waals surface area contributed by atoms with Gasteiger partial charge in [-0.25, -0.2) is 18.0 Å². The highest BCUT2D eigenvalue weighted by atomic mass is 32.2. The van der Waals surface area contributed by atoms with Crippen LogP contribution in [0.5, 0.6) is 5.75 Å². The fraction of sp³-hybridized carbons (Fsp3) is 0.350. The Morgan fingerprint density at radius 1 is 1.09 bits per heavy atom. The first kappa shape index (κ1) is 24.9. The molecule has 3 amide bonds. The van der Waals surface area contributed by atoms with Crippen molar-refractivity contribution in [2.24, 2.45) is 7.05 Å². The van der Waals surface area contributed by atoms with Crippen molar-refractivity contribution in [1.29, 1.82) is 0 Å². The number of imide groups is 1. The number of benzene rings is 1. The Hall–Kier alpha value is -3.38. The Bertz CT molecular complexity index is 1070. The SMILES string of the molecule is CCN(CC)S(=O)(=O)c1cc(C(=O)OCC(=O)NC(=O)Nc2ccc(OC)cc2)n(C)c1. The van der Waals surface area contributed by atoms with E-state index in [4.69, 9.17) is 9.47 Å². The van der Waals surface area contributed by atoms with Gasteiger partial charge in [-0.05, 0) is 30.3 Å². The summed E-state index contributed by atoms with van der Waals surface area (Å²) < 4.78 is 37.7. The topological polar surface area (TPSA) is 136 Å². The third-order valence-electron chi connectivity index (χ3n) is 4.47. The number of ether oxygens (including phenoxy) is 2. The highest BCUT2D eigenvalue weighted by Crippen LogP contribution is 2.19. The van der Waals surface area contributed by atoms with E-state index in [0.717, 1.165) is 0 Å². The normalized spacial score (nSPS) is 11.2. The molecule has 0 fully saturated rings. The summed E-state index contributed by atoms with van der Waals surface area (Å²) in [6.07, 6.45) is 1.30. The number of anilines is 1. The molecule has 0 bridgehead atoms. The molecule has 0 aliphatic carbocycles. The minimum absolute atomic E-state index is 0.0498. The molecule has 2 aromatic rings. The third-order valence-corrected chi connectivity index (χ3v) is 6.48. The van der Waals surface area contributed by atoms with Crippen LogP contribution in [0.4, 0.5) is 10.5 Å². The van der Waals surface area contributed by atoms with E-state index in [9.17, 15) is 22.8 Å². The predicted octanol–water partition coefficient (Wildman–Crippen LogP) is 1.57. The number of esters is 1. The minimum atomic E-state index is -3.75. The number of rotatable bonds is 9. The number of hydrogen-bond donors (Lipinski definition) is 2. The Kier molecular flexibility index (Phi) is 8.38. The zero-order valence-corrected chi connectivity index (χ0v) is 19.1. The molecule has 0 aliphatic rings. The van der Waals surface area contributed by atoms with Crippen LogP contribution in [0.25, 0.3) is 0 Å². The van der Waals surface area contributed by atoms with Gasteiger partial charge in [0.2, 0.25) is 10.0 Å². The van der Waals surface area contributed by atoms with Gasteiger partial charge >= 0.3 is 12.0 Å². The number of aryl methyl sites for hydroxylation is 1. The zero-order valence-electron chi connectivity index (χ0n) is 18.2. The molecule has 11 nitrogen and oxygen atoms in total. The number of aromatic nitrogens is 1. The Labute approximate surface area is 186 Å². The summed E-state index contributed by atoms with van der Waals surface area (Å²) in [4.78, 5) is 36.1. The van der Waals surface area contributed by atoms with Crippen LogP contribution in [0.2, 0.25) is 0 Å². The van der Waals surface area contributed by atoms with Crippen molar-refractivity contribution in [3.63, 3.8) is 0 Å². The summed E-state index contributed by atoms with van der Waals surface area (Å²) in [6.45, 7) is 3.27. The number of carbonyl (C=O) groups excluding carboxylic acids is 3. The number of methoxy groups -OCH3 is 1. The maximum Gasteiger partial charge on any atom is 0.355 e. The summed E-state index contributed by atoms with van der Waals surface area (Å²) in [5.41, 5.74) is 0.380. The van der Waals surface area contributed by atoms with Crippen LogP contribution in [0.1, 0.15) is 24.3 Å². The maximum absolute atomic E-state index is 12.6. The van der Waals surface area contributed by atoms with Gasteiger partial charge < -0.3 is 19.4 Å². The van der Waals surface area contributed by atoms with Gasteiger partial charge in [0.25, 0.3) is 5.91 Å². The van der Waals surface area contributed by atoms with Crippen LogP contribution in [0.3, 0.4) is 0 Å². The lowest BCUT2D eigenvalue weighted by Crippen LogP contribution is -2.37. The molecule has 0 unspecified atom stereocenters. The third kappa shape index (κ3) is 6.08.